The molecule has 1 heterocycles. The summed E-state index contributed by atoms with van der Waals surface area (Å²) in [7, 11) is 0. The highest BCUT2D eigenvalue weighted by molar-refractivity contribution is 5.80. The molecular weight excluding hydrogens is 174 g/mol. The van der Waals surface area contributed by atoms with Crippen LogP contribution in [0, 0.1) is 0 Å². The number of pyridine rings is 1. The van der Waals surface area contributed by atoms with Crippen LogP contribution in [-0.4, -0.2) is 10.7 Å². The number of aliphatic imine (C=N–C) groups is 1. The highest BCUT2D eigenvalue weighted by Crippen LogP contribution is 2.12. The SMILES string of the molecule is CC(C)=N/C=C(\C)c1cccc(N)n1. The second kappa shape index (κ2) is 4.56. The molecule has 0 aliphatic carbocycles. The van der Waals surface area contributed by atoms with Gasteiger partial charge in [-0.1, -0.05) is 6.07 Å². The van der Waals surface area contributed by atoms with Crippen LogP contribution in [0.4, 0.5) is 5.82 Å². The summed E-state index contributed by atoms with van der Waals surface area (Å²) in [5.74, 6) is 0.535. The topological polar surface area (TPSA) is 51.3 Å². The third-order valence-electron chi connectivity index (χ3n) is 1.69. The van der Waals surface area contributed by atoms with Crippen LogP contribution in [0.2, 0.25) is 0 Å². The summed E-state index contributed by atoms with van der Waals surface area (Å²) in [6, 6.07) is 5.57. The largest absolute Gasteiger partial charge is 0.384 e. The van der Waals surface area contributed by atoms with E-state index in [9.17, 15) is 0 Å². The summed E-state index contributed by atoms with van der Waals surface area (Å²) in [6.45, 7) is 5.88. The molecule has 0 bridgehead atoms. The molecule has 0 spiro atoms. The van der Waals surface area contributed by atoms with Gasteiger partial charge in [-0.15, -0.1) is 0 Å². The van der Waals surface area contributed by atoms with E-state index in [0.29, 0.717) is 5.82 Å². The fourth-order valence-electron chi connectivity index (χ4n) is 0.963. The zero-order chi connectivity index (χ0) is 10.6. The molecular formula is C11H15N3. The predicted molar refractivity (Wildman–Crippen MR) is 61.1 cm³/mol. The molecule has 1 rings (SSSR count). The Morgan fingerprint density at radius 3 is 2.64 bits per heavy atom. The van der Waals surface area contributed by atoms with Gasteiger partial charge in [0.1, 0.15) is 5.82 Å². The number of rotatable bonds is 2. The minimum absolute atomic E-state index is 0.535. The maximum atomic E-state index is 5.58. The number of allylic oxidation sites excluding steroid dienone is 1. The second-order valence-electron chi connectivity index (χ2n) is 3.34. The highest BCUT2D eigenvalue weighted by atomic mass is 14.8. The number of nitrogens with two attached hydrogens (primary N) is 1. The van der Waals surface area contributed by atoms with Gasteiger partial charge in [-0.05, 0) is 38.5 Å². The van der Waals surface area contributed by atoms with Crippen molar-refractivity contribution in [2.24, 2.45) is 4.99 Å². The van der Waals surface area contributed by atoms with Gasteiger partial charge in [-0.2, -0.15) is 0 Å². The number of nitrogen functional groups attached to an aromatic ring is 1. The van der Waals surface area contributed by atoms with Crippen molar-refractivity contribution in [2.75, 3.05) is 5.73 Å². The van der Waals surface area contributed by atoms with Crippen LogP contribution >= 0.6 is 0 Å². The van der Waals surface area contributed by atoms with Crippen molar-refractivity contribution >= 4 is 17.1 Å². The fourth-order valence-corrected chi connectivity index (χ4v) is 0.963. The van der Waals surface area contributed by atoms with Crippen molar-refractivity contribution in [1.82, 2.24) is 4.98 Å². The molecule has 0 aliphatic heterocycles. The summed E-state index contributed by atoms with van der Waals surface area (Å²) in [5.41, 5.74) is 8.48. The lowest BCUT2D eigenvalue weighted by atomic mass is 10.2. The Balaban J connectivity index is 2.95. The Hall–Kier alpha value is -1.64. The van der Waals surface area contributed by atoms with Gasteiger partial charge in [0.05, 0.1) is 5.69 Å². The maximum absolute atomic E-state index is 5.58. The molecule has 0 radical (unpaired) electrons. The molecule has 0 atom stereocenters. The molecule has 14 heavy (non-hydrogen) atoms. The van der Waals surface area contributed by atoms with Gasteiger partial charge >= 0.3 is 0 Å². The molecule has 0 unspecified atom stereocenters. The van der Waals surface area contributed by atoms with Crippen molar-refractivity contribution in [3.05, 3.63) is 30.1 Å². The number of hydrogen-bond acceptors (Lipinski definition) is 3. The van der Waals surface area contributed by atoms with Crippen LogP contribution in [0.25, 0.3) is 5.57 Å². The predicted octanol–water partition coefficient (Wildman–Crippen LogP) is 2.51. The van der Waals surface area contributed by atoms with Crippen LogP contribution < -0.4 is 5.73 Å². The standard InChI is InChI=1S/C11H15N3/c1-8(2)13-7-9(3)10-5-4-6-11(12)14-10/h4-7H,1-3H3,(H2,12,14)/b9-7+. The van der Waals surface area contributed by atoms with E-state index >= 15 is 0 Å². The normalized spacial score (nSPS) is 11.2. The first-order valence-electron chi connectivity index (χ1n) is 4.50. The van der Waals surface area contributed by atoms with Gasteiger partial charge < -0.3 is 5.73 Å². The van der Waals surface area contributed by atoms with Crippen molar-refractivity contribution in [1.29, 1.82) is 0 Å². The molecule has 1 aromatic rings. The molecule has 0 saturated carbocycles. The number of hydrogen-bond donors (Lipinski definition) is 1. The first-order valence-corrected chi connectivity index (χ1v) is 4.50. The highest BCUT2D eigenvalue weighted by Gasteiger charge is 1.96. The number of aromatic nitrogens is 1. The van der Waals surface area contributed by atoms with Crippen LogP contribution in [-0.2, 0) is 0 Å². The Morgan fingerprint density at radius 1 is 1.36 bits per heavy atom. The Morgan fingerprint density at radius 2 is 2.07 bits per heavy atom. The molecule has 0 saturated heterocycles. The summed E-state index contributed by atoms with van der Waals surface area (Å²) in [5, 5.41) is 0. The van der Waals surface area contributed by atoms with Gasteiger partial charge in [-0.25, -0.2) is 4.98 Å². The first kappa shape index (κ1) is 10.4. The van der Waals surface area contributed by atoms with Crippen LogP contribution in [0.1, 0.15) is 26.5 Å². The number of anilines is 1. The average molecular weight is 189 g/mol. The molecule has 0 fully saturated rings. The fraction of sp³-hybridized carbons (Fsp3) is 0.273. The van der Waals surface area contributed by atoms with E-state index in [1.54, 1.807) is 12.3 Å². The van der Waals surface area contributed by atoms with Crippen molar-refractivity contribution in [3.63, 3.8) is 0 Å². The van der Waals surface area contributed by atoms with Crippen molar-refractivity contribution in [3.8, 4) is 0 Å². The zero-order valence-corrected chi connectivity index (χ0v) is 8.78. The van der Waals surface area contributed by atoms with E-state index in [-0.39, 0.29) is 0 Å². The van der Waals surface area contributed by atoms with Gasteiger partial charge in [-0.3, -0.25) is 4.99 Å². The molecule has 0 aromatic carbocycles. The molecule has 3 heteroatoms. The monoisotopic (exact) mass is 189 g/mol. The van der Waals surface area contributed by atoms with E-state index in [2.05, 4.69) is 9.98 Å². The quantitative estimate of drug-likeness (QED) is 0.727. The Bertz CT molecular complexity index is 374. The summed E-state index contributed by atoms with van der Waals surface area (Å²) >= 11 is 0. The third kappa shape index (κ3) is 3.01. The maximum Gasteiger partial charge on any atom is 0.124 e. The average Bonchev–Trinajstić information content (AvgIpc) is 2.14. The van der Waals surface area contributed by atoms with E-state index < -0.39 is 0 Å². The summed E-state index contributed by atoms with van der Waals surface area (Å²) in [6.07, 6.45) is 1.80. The number of nitrogens with zero attached hydrogens (tertiary/aromatic N) is 2. The van der Waals surface area contributed by atoms with E-state index in [0.717, 1.165) is 17.0 Å². The van der Waals surface area contributed by atoms with Gasteiger partial charge in [0, 0.05) is 11.9 Å². The molecule has 2 N–H and O–H groups in total. The van der Waals surface area contributed by atoms with Gasteiger partial charge in [0.15, 0.2) is 0 Å². The Labute approximate surface area is 84.4 Å². The van der Waals surface area contributed by atoms with E-state index in [1.165, 1.54) is 0 Å². The van der Waals surface area contributed by atoms with Crippen LogP contribution in [0.3, 0.4) is 0 Å². The first-order chi connectivity index (χ1) is 6.59. The summed E-state index contributed by atoms with van der Waals surface area (Å²) in [4.78, 5) is 8.40. The van der Waals surface area contributed by atoms with E-state index in [4.69, 9.17) is 5.73 Å². The van der Waals surface area contributed by atoms with Crippen molar-refractivity contribution < 1.29 is 0 Å². The summed E-state index contributed by atoms with van der Waals surface area (Å²) < 4.78 is 0. The molecule has 1 aromatic heterocycles. The second-order valence-corrected chi connectivity index (χ2v) is 3.34. The van der Waals surface area contributed by atoms with Gasteiger partial charge in [0.2, 0.25) is 0 Å². The minimum atomic E-state index is 0.535. The third-order valence-corrected chi connectivity index (χ3v) is 1.69. The Kier molecular flexibility index (Phi) is 3.40. The molecule has 3 nitrogen and oxygen atoms in total. The molecule has 0 aliphatic rings. The van der Waals surface area contributed by atoms with Crippen LogP contribution in [0.5, 0.6) is 0 Å². The minimum Gasteiger partial charge on any atom is -0.384 e. The lowest BCUT2D eigenvalue weighted by molar-refractivity contribution is 1.27. The van der Waals surface area contributed by atoms with E-state index in [1.807, 2.05) is 32.9 Å². The zero-order valence-electron chi connectivity index (χ0n) is 8.78. The lowest BCUT2D eigenvalue weighted by Gasteiger charge is -1.99. The smallest absolute Gasteiger partial charge is 0.124 e. The molecule has 74 valence electrons. The lowest BCUT2D eigenvalue weighted by Crippen LogP contribution is -1.92. The van der Waals surface area contributed by atoms with Crippen molar-refractivity contribution in [2.45, 2.75) is 20.8 Å². The van der Waals surface area contributed by atoms with Gasteiger partial charge in [0.25, 0.3) is 0 Å². The molecule has 0 amide bonds. The van der Waals surface area contributed by atoms with Crippen LogP contribution in [0.15, 0.2) is 29.4 Å².